The Hall–Kier alpha value is -2.22. The van der Waals surface area contributed by atoms with E-state index in [0.717, 1.165) is 0 Å². The summed E-state index contributed by atoms with van der Waals surface area (Å²) in [4.78, 5) is 32.2. The van der Waals surface area contributed by atoms with Gasteiger partial charge in [0.25, 0.3) is 0 Å². The number of imide groups is 1. The highest BCUT2D eigenvalue weighted by Gasteiger charge is 2.25. The van der Waals surface area contributed by atoms with E-state index in [1.165, 1.54) is 11.1 Å². The summed E-state index contributed by atoms with van der Waals surface area (Å²) in [6, 6.07) is 0. The van der Waals surface area contributed by atoms with Crippen LogP contribution in [-0.4, -0.2) is 45.1 Å². The number of fused-ring (bicyclic) bond motifs is 1. The second-order valence-electron chi connectivity index (χ2n) is 3.78. The van der Waals surface area contributed by atoms with E-state index in [1.807, 2.05) is 0 Å². The van der Waals surface area contributed by atoms with Crippen LogP contribution >= 0.6 is 11.6 Å². The molecule has 0 spiro atoms. The van der Waals surface area contributed by atoms with Crippen molar-refractivity contribution in [3.63, 3.8) is 0 Å². The number of nitrogens with one attached hydrogen (secondary N) is 2. The number of piperazine rings is 1. The fourth-order valence-corrected chi connectivity index (χ4v) is 1.99. The monoisotopic (exact) mass is 266 g/mol. The molecule has 1 aliphatic heterocycles. The van der Waals surface area contributed by atoms with Crippen molar-refractivity contribution in [3.05, 3.63) is 11.5 Å². The van der Waals surface area contributed by atoms with Gasteiger partial charge in [-0.25, -0.2) is 0 Å². The molecule has 1 saturated heterocycles. The fraction of sp³-hybridized carbons (Fsp3) is 0.222. The zero-order valence-electron chi connectivity index (χ0n) is 8.97. The minimum atomic E-state index is -0.377. The second kappa shape index (κ2) is 3.91. The largest absolute Gasteiger partial charge is 0.337 e. The van der Waals surface area contributed by atoms with Gasteiger partial charge in [0, 0.05) is 0 Å². The quantitative estimate of drug-likeness (QED) is 0.531. The number of aromatic amines is 1. The van der Waals surface area contributed by atoms with Gasteiger partial charge in [-0.3, -0.25) is 20.0 Å². The van der Waals surface area contributed by atoms with E-state index < -0.39 is 0 Å². The number of carbonyl (C=O) groups is 2. The van der Waals surface area contributed by atoms with Gasteiger partial charge in [0.2, 0.25) is 17.1 Å². The van der Waals surface area contributed by atoms with Gasteiger partial charge in [-0.05, 0) is 11.6 Å². The first kappa shape index (κ1) is 10.9. The predicted octanol–water partition coefficient (Wildman–Crippen LogP) is -0.531. The van der Waals surface area contributed by atoms with Crippen molar-refractivity contribution in [2.24, 2.45) is 0 Å². The summed E-state index contributed by atoms with van der Waals surface area (Å²) in [5.74, 6) is -0.336. The Morgan fingerprint density at radius 3 is 2.67 bits per heavy atom. The topological polar surface area (TPSA) is 104 Å². The SMILES string of the molecule is O=C1CN(c2nc(Cl)nc3[nH]ncc23)CC(=O)N1. The van der Waals surface area contributed by atoms with Crippen LogP contribution in [0.4, 0.5) is 5.82 Å². The van der Waals surface area contributed by atoms with Crippen LogP contribution in [-0.2, 0) is 9.59 Å². The molecule has 3 heterocycles. The number of nitrogens with zero attached hydrogens (tertiary/aromatic N) is 4. The molecule has 0 radical (unpaired) electrons. The summed E-state index contributed by atoms with van der Waals surface area (Å²) in [7, 11) is 0. The molecule has 1 aliphatic rings. The number of amides is 2. The molecule has 2 aromatic heterocycles. The average molecular weight is 267 g/mol. The number of rotatable bonds is 1. The molecule has 92 valence electrons. The zero-order valence-corrected chi connectivity index (χ0v) is 9.73. The van der Waals surface area contributed by atoms with Gasteiger partial charge in [0.15, 0.2) is 5.65 Å². The van der Waals surface area contributed by atoms with E-state index in [0.29, 0.717) is 16.9 Å². The minimum absolute atomic E-state index is 0.0279. The first-order chi connectivity index (χ1) is 8.63. The molecule has 2 aromatic rings. The summed E-state index contributed by atoms with van der Waals surface area (Å²) in [6.45, 7) is 0.0821. The molecule has 0 atom stereocenters. The number of hydrogen-bond donors (Lipinski definition) is 2. The molecule has 0 aromatic carbocycles. The van der Waals surface area contributed by atoms with Crippen LogP contribution in [0.5, 0.6) is 0 Å². The van der Waals surface area contributed by atoms with Crippen LogP contribution in [0.15, 0.2) is 6.20 Å². The lowest BCUT2D eigenvalue weighted by atomic mass is 10.3. The van der Waals surface area contributed by atoms with Crippen LogP contribution in [0.2, 0.25) is 5.28 Å². The summed E-state index contributed by atoms with van der Waals surface area (Å²) in [6.07, 6.45) is 1.53. The van der Waals surface area contributed by atoms with Gasteiger partial charge in [0.1, 0.15) is 5.82 Å². The van der Waals surface area contributed by atoms with Gasteiger partial charge in [-0.2, -0.15) is 15.1 Å². The number of aromatic nitrogens is 4. The van der Waals surface area contributed by atoms with E-state index in [-0.39, 0.29) is 30.2 Å². The third kappa shape index (κ3) is 1.76. The Labute approximate surface area is 105 Å². The van der Waals surface area contributed by atoms with Crippen molar-refractivity contribution < 1.29 is 9.59 Å². The minimum Gasteiger partial charge on any atom is -0.337 e. The molecule has 0 saturated carbocycles. The number of hydrogen-bond acceptors (Lipinski definition) is 6. The van der Waals surface area contributed by atoms with Crippen molar-refractivity contribution >= 4 is 40.3 Å². The van der Waals surface area contributed by atoms with E-state index in [2.05, 4.69) is 25.5 Å². The first-order valence-electron chi connectivity index (χ1n) is 5.08. The maximum absolute atomic E-state index is 11.3. The molecule has 1 fully saturated rings. The van der Waals surface area contributed by atoms with Gasteiger partial charge < -0.3 is 4.90 Å². The fourth-order valence-electron chi connectivity index (χ4n) is 1.82. The normalized spacial score (nSPS) is 16.2. The van der Waals surface area contributed by atoms with Crippen molar-refractivity contribution in [1.29, 1.82) is 0 Å². The van der Waals surface area contributed by atoms with Gasteiger partial charge in [-0.15, -0.1) is 0 Å². The predicted molar refractivity (Wildman–Crippen MR) is 62.1 cm³/mol. The number of halogens is 1. The Bertz CT molecular complexity index is 638. The second-order valence-corrected chi connectivity index (χ2v) is 4.11. The van der Waals surface area contributed by atoms with Gasteiger partial charge in [-0.1, -0.05) is 0 Å². The Balaban J connectivity index is 2.10. The summed E-state index contributed by atoms with van der Waals surface area (Å²) in [5.41, 5.74) is 0.462. The molecule has 2 N–H and O–H groups in total. The van der Waals surface area contributed by atoms with Crippen molar-refractivity contribution in [2.75, 3.05) is 18.0 Å². The number of H-pyrrole nitrogens is 1. The summed E-state index contributed by atoms with van der Waals surface area (Å²) >= 11 is 5.79. The molecular formula is C9H7ClN6O2. The van der Waals surface area contributed by atoms with Gasteiger partial charge >= 0.3 is 0 Å². The van der Waals surface area contributed by atoms with E-state index in [4.69, 9.17) is 11.6 Å². The lowest BCUT2D eigenvalue weighted by Gasteiger charge is -2.26. The number of anilines is 1. The molecule has 0 bridgehead atoms. The third-order valence-corrected chi connectivity index (χ3v) is 2.68. The van der Waals surface area contributed by atoms with E-state index in [9.17, 15) is 9.59 Å². The molecule has 9 heteroatoms. The average Bonchev–Trinajstić information content (AvgIpc) is 2.74. The lowest BCUT2D eigenvalue weighted by molar-refractivity contribution is -0.130. The standard InChI is InChI=1S/C9H7ClN6O2/c10-9-13-7-4(1-11-15-7)8(14-9)16-2-5(17)12-6(18)3-16/h1H,2-3H2,(H,12,17,18)(H,11,13,14,15). The Morgan fingerprint density at radius 1 is 1.22 bits per heavy atom. The Morgan fingerprint density at radius 2 is 1.94 bits per heavy atom. The van der Waals surface area contributed by atoms with Crippen LogP contribution in [0.1, 0.15) is 0 Å². The lowest BCUT2D eigenvalue weighted by Crippen LogP contribution is -2.51. The maximum Gasteiger partial charge on any atom is 0.246 e. The van der Waals surface area contributed by atoms with Crippen LogP contribution in [0.3, 0.4) is 0 Å². The molecule has 8 nitrogen and oxygen atoms in total. The molecule has 3 rings (SSSR count). The highest BCUT2D eigenvalue weighted by molar-refractivity contribution is 6.28. The Kier molecular flexibility index (Phi) is 2.37. The highest BCUT2D eigenvalue weighted by Crippen LogP contribution is 2.24. The summed E-state index contributed by atoms with van der Waals surface area (Å²) < 4.78 is 0. The van der Waals surface area contributed by atoms with Crippen molar-refractivity contribution in [2.45, 2.75) is 0 Å². The molecular weight excluding hydrogens is 260 g/mol. The molecule has 18 heavy (non-hydrogen) atoms. The van der Waals surface area contributed by atoms with E-state index >= 15 is 0 Å². The molecule has 2 amide bonds. The van der Waals surface area contributed by atoms with E-state index in [1.54, 1.807) is 0 Å². The van der Waals surface area contributed by atoms with Crippen molar-refractivity contribution in [3.8, 4) is 0 Å². The molecule has 0 unspecified atom stereocenters. The number of carbonyl (C=O) groups excluding carboxylic acids is 2. The molecule has 0 aliphatic carbocycles. The highest BCUT2D eigenvalue weighted by atomic mass is 35.5. The van der Waals surface area contributed by atoms with Crippen LogP contribution in [0, 0.1) is 0 Å². The summed E-state index contributed by atoms with van der Waals surface area (Å²) in [5, 5.41) is 9.36. The first-order valence-corrected chi connectivity index (χ1v) is 5.45. The van der Waals surface area contributed by atoms with Crippen LogP contribution < -0.4 is 10.2 Å². The zero-order chi connectivity index (χ0) is 12.7. The smallest absolute Gasteiger partial charge is 0.246 e. The maximum atomic E-state index is 11.3. The van der Waals surface area contributed by atoms with Crippen LogP contribution in [0.25, 0.3) is 11.0 Å². The van der Waals surface area contributed by atoms with Gasteiger partial charge in [0.05, 0.1) is 24.7 Å². The third-order valence-electron chi connectivity index (χ3n) is 2.51. The van der Waals surface area contributed by atoms with Crippen molar-refractivity contribution in [1.82, 2.24) is 25.5 Å².